The summed E-state index contributed by atoms with van der Waals surface area (Å²) in [7, 11) is 0. The molecule has 2 rings (SSSR count). The first kappa shape index (κ1) is 17.7. The van der Waals surface area contributed by atoms with Gasteiger partial charge in [-0.05, 0) is 25.1 Å². The van der Waals surface area contributed by atoms with Crippen LogP contribution in [0.2, 0.25) is 0 Å². The van der Waals surface area contributed by atoms with Gasteiger partial charge in [-0.15, -0.1) is 0 Å². The maximum absolute atomic E-state index is 13.9. The van der Waals surface area contributed by atoms with E-state index in [1.165, 1.54) is 0 Å². The highest BCUT2D eigenvalue weighted by atomic mass is 19.4. The van der Waals surface area contributed by atoms with E-state index in [1.807, 2.05) is 0 Å². The fraction of sp³-hybridized carbons (Fsp3) is 0.333. The molecular weight excluding hydrogens is 335 g/mol. The molecule has 0 bridgehead atoms. The number of fused-ring (bicyclic) bond motifs is 1. The standard InChI is InChI=1S/C15H11F5N2O2/c1-8-12(13(23)22-6-2-5-21)10-7-9(14(16,17)18)3-4-11(10)24-15(8,19)20/h3-4,7H,2,6H2,1H3,(H,22,23). The minimum atomic E-state index is -4.70. The van der Waals surface area contributed by atoms with Gasteiger partial charge in [0.2, 0.25) is 0 Å². The van der Waals surface area contributed by atoms with Crippen LogP contribution in [-0.2, 0) is 11.0 Å². The van der Waals surface area contributed by atoms with Gasteiger partial charge in [-0.25, -0.2) is 0 Å². The molecule has 0 aliphatic carbocycles. The summed E-state index contributed by atoms with van der Waals surface area (Å²) >= 11 is 0. The molecule has 0 spiro atoms. The van der Waals surface area contributed by atoms with Crippen LogP contribution in [0.4, 0.5) is 22.0 Å². The Bertz CT molecular complexity index is 747. The summed E-state index contributed by atoms with van der Waals surface area (Å²) in [6.45, 7) is 0.787. The quantitative estimate of drug-likeness (QED) is 0.673. The third-order valence-corrected chi connectivity index (χ3v) is 3.38. The Labute approximate surface area is 133 Å². The van der Waals surface area contributed by atoms with E-state index in [0.717, 1.165) is 13.0 Å². The van der Waals surface area contributed by atoms with Crippen molar-refractivity contribution in [3.8, 4) is 11.8 Å². The van der Waals surface area contributed by atoms with Crippen LogP contribution in [-0.4, -0.2) is 18.6 Å². The third kappa shape index (κ3) is 3.32. The number of rotatable bonds is 3. The van der Waals surface area contributed by atoms with E-state index in [2.05, 4.69) is 10.1 Å². The molecule has 1 aliphatic rings. The molecule has 1 aromatic carbocycles. The average molecular weight is 346 g/mol. The van der Waals surface area contributed by atoms with Gasteiger partial charge in [0.15, 0.2) is 0 Å². The molecule has 1 amide bonds. The Morgan fingerprint density at radius 1 is 1.38 bits per heavy atom. The summed E-state index contributed by atoms with van der Waals surface area (Å²) in [5.41, 5.74) is -2.86. The molecule has 24 heavy (non-hydrogen) atoms. The summed E-state index contributed by atoms with van der Waals surface area (Å²) in [5, 5.41) is 10.7. The van der Waals surface area contributed by atoms with Gasteiger partial charge in [0.05, 0.1) is 29.2 Å². The summed E-state index contributed by atoms with van der Waals surface area (Å²) in [4.78, 5) is 12.1. The lowest BCUT2D eigenvalue weighted by Gasteiger charge is -2.28. The monoisotopic (exact) mass is 346 g/mol. The molecule has 0 radical (unpaired) electrons. The first-order valence-electron chi connectivity index (χ1n) is 6.73. The van der Waals surface area contributed by atoms with Crippen LogP contribution in [0.1, 0.15) is 24.5 Å². The highest BCUT2D eigenvalue weighted by molar-refractivity contribution is 6.21. The van der Waals surface area contributed by atoms with E-state index in [9.17, 15) is 26.7 Å². The number of nitrogens with one attached hydrogen (secondary N) is 1. The smallest absolute Gasteiger partial charge is 0.423 e. The van der Waals surface area contributed by atoms with Gasteiger partial charge in [0.25, 0.3) is 5.91 Å². The fourth-order valence-corrected chi connectivity index (χ4v) is 2.17. The molecule has 0 atom stereocenters. The van der Waals surface area contributed by atoms with Gasteiger partial charge in [0, 0.05) is 12.1 Å². The number of carbonyl (C=O) groups is 1. The zero-order chi connectivity index (χ0) is 18.1. The minimum absolute atomic E-state index is 0.0690. The van der Waals surface area contributed by atoms with E-state index in [4.69, 9.17) is 5.26 Å². The first-order chi connectivity index (χ1) is 11.1. The van der Waals surface area contributed by atoms with Gasteiger partial charge in [0.1, 0.15) is 5.75 Å². The summed E-state index contributed by atoms with van der Waals surface area (Å²) < 4.78 is 70.7. The number of alkyl halides is 5. The van der Waals surface area contributed by atoms with Crippen LogP contribution < -0.4 is 10.1 Å². The lowest BCUT2D eigenvalue weighted by molar-refractivity contribution is -0.145. The number of ether oxygens (including phenoxy) is 1. The third-order valence-electron chi connectivity index (χ3n) is 3.38. The Balaban J connectivity index is 2.54. The van der Waals surface area contributed by atoms with Crippen LogP contribution in [0.15, 0.2) is 23.8 Å². The molecule has 1 N–H and O–H groups in total. The summed E-state index contributed by atoms with van der Waals surface area (Å²) in [6.07, 6.45) is -8.60. The second-order valence-electron chi connectivity index (χ2n) is 4.99. The van der Waals surface area contributed by atoms with Crippen molar-refractivity contribution in [2.24, 2.45) is 0 Å². The number of halogens is 5. The highest BCUT2D eigenvalue weighted by Crippen LogP contribution is 2.44. The number of nitrogens with zero attached hydrogens (tertiary/aromatic N) is 1. The number of nitriles is 1. The van der Waals surface area contributed by atoms with Crippen molar-refractivity contribution in [3.63, 3.8) is 0 Å². The molecule has 4 nitrogen and oxygen atoms in total. The molecule has 0 aromatic heterocycles. The SMILES string of the molecule is CC1=C(C(=O)NCCC#N)c2cc(C(F)(F)F)ccc2OC1(F)F. The normalized spacial score (nSPS) is 16.0. The molecule has 1 aliphatic heterocycles. The van der Waals surface area contributed by atoms with Crippen LogP contribution >= 0.6 is 0 Å². The molecule has 1 aromatic rings. The Hall–Kier alpha value is -2.63. The molecule has 0 fully saturated rings. The fourth-order valence-electron chi connectivity index (χ4n) is 2.17. The van der Waals surface area contributed by atoms with E-state index in [1.54, 1.807) is 6.07 Å². The van der Waals surface area contributed by atoms with Crippen molar-refractivity contribution in [3.05, 3.63) is 34.9 Å². The lowest BCUT2D eigenvalue weighted by atomic mass is 9.94. The number of amides is 1. The van der Waals surface area contributed by atoms with E-state index >= 15 is 0 Å². The van der Waals surface area contributed by atoms with Crippen LogP contribution in [0.3, 0.4) is 0 Å². The maximum Gasteiger partial charge on any atom is 0.423 e. The van der Waals surface area contributed by atoms with Gasteiger partial charge in [-0.3, -0.25) is 4.79 Å². The predicted molar refractivity (Wildman–Crippen MR) is 72.9 cm³/mol. The number of hydrogen-bond donors (Lipinski definition) is 1. The van der Waals surface area contributed by atoms with Gasteiger partial charge >= 0.3 is 12.3 Å². The van der Waals surface area contributed by atoms with Crippen molar-refractivity contribution in [1.29, 1.82) is 5.26 Å². The van der Waals surface area contributed by atoms with Gasteiger partial charge < -0.3 is 10.1 Å². The van der Waals surface area contributed by atoms with Crippen LogP contribution in [0, 0.1) is 11.3 Å². The number of carbonyl (C=O) groups excluding carboxylic acids is 1. The van der Waals surface area contributed by atoms with Gasteiger partial charge in [-0.1, -0.05) is 0 Å². The van der Waals surface area contributed by atoms with E-state index < -0.39 is 40.7 Å². The van der Waals surface area contributed by atoms with Crippen molar-refractivity contribution in [1.82, 2.24) is 5.32 Å². The average Bonchev–Trinajstić information content (AvgIpc) is 2.47. The summed E-state index contributed by atoms with van der Waals surface area (Å²) in [5.74, 6) is -1.52. The zero-order valence-corrected chi connectivity index (χ0v) is 12.3. The lowest BCUT2D eigenvalue weighted by Crippen LogP contribution is -2.35. The Kier molecular flexibility index (Phi) is 4.51. The Morgan fingerprint density at radius 2 is 2.04 bits per heavy atom. The number of hydrogen-bond acceptors (Lipinski definition) is 3. The highest BCUT2D eigenvalue weighted by Gasteiger charge is 2.44. The Morgan fingerprint density at radius 3 is 2.62 bits per heavy atom. The second kappa shape index (κ2) is 6.11. The van der Waals surface area contributed by atoms with E-state index in [0.29, 0.717) is 12.1 Å². The van der Waals surface area contributed by atoms with Crippen molar-refractivity contribution in [2.45, 2.75) is 25.6 Å². The van der Waals surface area contributed by atoms with Crippen molar-refractivity contribution < 1.29 is 31.5 Å². The molecule has 1 heterocycles. The van der Waals surface area contributed by atoms with Crippen molar-refractivity contribution in [2.75, 3.05) is 6.54 Å². The molecule has 128 valence electrons. The molecule has 0 saturated carbocycles. The molecule has 0 saturated heterocycles. The zero-order valence-electron chi connectivity index (χ0n) is 12.3. The molecule has 0 unspecified atom stereocenters. The minimum Gasteiger partial charge on any atom is -0.428 e. The van der Waals surface area contributed by atoms with Gasteiger partial charge in [-0.2, -0.15) is 27.2 Å². The van der Waals surface area contributed by atoms with Crippen molar-refractivity contribution >= 4 is 11.5 Å². The largest absolute Gasteiger partial charge is 0.428 e. The predicted octanol–water partition coefficient (Wildman–Crippen LogP) is 3.49. The number of benzene rings is 1. The summed E-state index contributed by atoms with van der Waals surface area (Å²) in [6, 6.07) is 3.69. The first-order valence-corrected chi connectivity index (χ1v) is 6.73. The topological polar surface area (TPSA) is 62.1 Å². The second-order valence-corrected chi connectivity index (χ2v) is 4.99. The molecular formula is C15H11F5N2O2. The maximum atomic E-state index is 13.9. The van der Waals surface area contributed by atoms with Crippen LogP contribution in [0.5, 0.6) is 5.75 Å². The van der Waals surface area contributed by atoms with E-state index in [-0.39, 0.29) is 18.5 Å². The van der Waals surface area contributed by atoms with Crippen LogP contribution in [0.25, 0.3) is 5.57 Å². The molecule has 9 heteroatoms.